The van der Waals surface area contributed by atoms with Gasteiger partial charge in [0.05, 0.1) is 12.7 Å². The minimum Gasteiger partial charge on any atom is -0.497 e. The maximum Gasteiger partial charge on any atom is 0.254 e. The number of carbonyl (C=O) groups excluding carboxylic acids is 1. The summed E-state index contributed by atoms with van der Waals surface area (Å²) in [7, 11) is 1.54. The van der Waals surface area contributed by atoms with E-state index >= 15 is 0 Å². The van der Waals surface area contributed by atoms with E-state index in [0.717, 1.165) is 6.07 Å². The molecule has 27 heavy (non-hydrogen) atoms. The van der Waals surface area contributed by atoms with Crippen molar-refractivity contribution in [1.29, 1.82) is 0 Å². The Bertz CT molecular complexity index is 975. The van der Waals surface area contributed by atoms with Gasteiger partial charge in [0.25, 0.3) is 5.91 Å². The van der Waals surface area contributed by atoms with Crippen LogP contribution in [0.5, 0.6) is 5.75 Å². The monoisotopic (exact) mass is 377 g/mol. The van der Waals surface area contributed by atoms with Crippen LogP contribution < -0.4 is 10.1 Å². The van der Waals surface area contributed by atoms with Gasteiger partial charge in [0.15, 0.2) is 17.5 Å². The molecule has 0 bridgehead atoms. The minimum absolute atomic E-state index is 0.0387. The molecule has 2 aromatic carbocycles. The van der Waals surface area contributed by atoms with E-state index in [9.17, 15) is 18.0 Å². The number of methoxy groups -OCH3 is 1. The van der Waals surface area contributed by atoms with E-state index in [1.807, 2.05) is 0 Å². The Morgan fingerprint density at radius 2 is 1.96 bits per heavy atom. The quantitative estimate of drug-likeness (QED) is 0.668. The largest absolute Gasteiger partial charge is 0.497 e. The number of nitrogens with zero attached hydrogens (tertiary/aromatic N) is 2. The summed E-state index contributed by atoms with van der Waals surface area (Å²) in [5, 5.41) is 10.2. The highest BCUT2D eigenvalue weighted by atomic mass is 19.2. The topological polar surface area (TPSA) is 77.3 Å². The third-order valence-corrected chi connectivity index (χ3v) is 3.69. The smallest absolute Gasteiger partial charge is 0.254 e. The van der Waals surface area contributed by atoms with Crippen LogP contribution in [0.15, 0.2) is 40.8 Å². The summed E-state index contributed by atoms with van der Waals surface area (Å²) in [6.45, 7) is 0.0387. The highest BCUT2D eigenvalue weighted by molar-refractivity contribution is 5.94. The molecule has 1 amide bonds. The molecule has 6 nitrogen and oxygen atoms in total. The van der Waals surface area contributed by atoms with Crippen molar-refractivity contribution in [2.45, 2.75) is 6.42 Å². The van der Waals surface area contributed by atoms with E-state index in [1.165, 1.54) is 7.11 Å². The van der Waals surface area contributed by atoms with Crippen molar-refractivity contribution >= 4 is 5.91 Å². The van der Waals surface area contributed by atoms with Crippen LogP contribution in [0.2, 0.25) is 0 Å². The van der Waals surface area contributed by atoms with Crippen molar-refractivity contribution in [1.82, 2.24) is 15.5 Å². The van der Waals surface area contributed by atoms with Crippen molar-refractivity contribution in [2.24, 2.45) is 0 Å². The van der Waals surface area contributed by atoms with Crippen LogP contribution in [-0.2, 0) is 6.42 Å². The van der Waals surface area contributed by atoms with Gasteiger partial charge in [-0.1, -0.05) is 6.07 Å². The van der Waals surface area contributed by atoms with Gasteiger partial charge in [-0.2, -0.15) is 0 Å². The zero-order valence-electron chi connectivity index (χ0n) is 14.1. The number of halogens is 3. The number of amides is 1. The van der Waals surface area contributed by atoms with E-state index in [2.05, 4.69) is 15.5 Å². The van der Waals surface area contributed by atoms with Crippen molar-refractivity contribution in [3.05, 3.63) is 65.3 Å². The molecule has 1 N–H and O–H groups in total. The lowest BCUT2D eigenvalue weighted by Gasteiger charge is -2.05. The Kier molecular flexibility index (Phi) is 5.39. The molecule has 0 unspecified atom stereocenters. The molecule has 0 aliphatic carbocycles. The fourth-order valence-electron chi connectivity index (χ4n) is 2.31. The Labute approximate surface area is 152 Å². The summed E-state index contributed by atoms with van der Waals surface area (Å²) in [6.07, 6.45) is 0.175. The predicted octanol–water partition coefficient (Wildman–Crippen LogP) is 3.14. The molecule has 0 atom stereocenters. The Morgan fingerprint density at radius 1 is 1.15 bits per heavy atom. The van der Waals surface area contributed by atoms with Crippen LogP contribution in [0.1, 0.15) is 16.2 Å². The van der Waals surface area contributed by atoms with Crippen molar-refractivity contribution in [3.63, 3.8) is 0 Å². The molecule has 0 fully saturated rings. The molecule has 3 aromatic rings. The highest BCUT2D eigenvalue weighted by Gasteiger charge is 2.18. The molecular weight excluding hydrogens is 363 g/mol. The Hall–Kier alpha value is -3.36. The predicted molar refractivity (Wildman–Crippen MR) is 88.6 cm³/mol. The summed E-state index contributed by atoms with van der Waals surface area (Å²) >= 11 is 0. The van der Waals surface area contributed by atoms with Crippen LogP contribution in [0.4, 0.5) is 13.2 Å². The van der Waals surface area contributed by atoms with Crippen molar-refractivity contribution in [3.8, 4) is 17.2 Å². The van der Waals surface area contributed by atoms with E-state index < -0.39 is 28.9 Å². The third-order valence-electron chi connectivity index (χ3n) is 3.69. The molecule has 0 saturated heterocycles. The van der Waals surface area contributed by atoms with Crippen LogP contribution in [0, 0.1) is 17.5 Å². The first-order valence-corrected chi connectivity index (χ1v) is 7.88. The summed E-state index contributed by atoms with van der Waals surface area (Å²) in [4.78, 5) is 11.9. The summed E-state index contributed by atoms with van der Waals surface area (Å²) in [5.74, 6) is -4.30. The molecule has 0 radical (unpaired) electrons. The summed E-state index contributed by atoms with van der Waals surface area (Å²) in [5.41, 5.74) is 0.0810. The Morgan fingerprint density at radius 3 is 2.74 bits per heavy atom. The number of rotatable bonds is 6. The average Bonchev–Trinajstić information content (AvgIpc) is 3.15. The molecule has 1 aromatic heterocycles. The van der Waals surface area contributed by atoms with E-state index in [-0.39, 0.29) is 24.7 Å². The second-order valence-electron chi connectivity index (χ2n) is 5.46. The second-order valence-corrected chi connectivity index (χ2v) is 5.46. The molecule has 0 saturated carbocycles. The number of nitrogens with one attached hydrogen (secondary N) is 1. The number of benzene rings is 2. The lowest BCUT2D eigenvalue weighted by Crippen LogP contribution is -2.27. The average molecular weight is 377 g/mol. The van der Waals surface area contributed by atoms with E-state index in [0.29, 0.717) is 17.4 Å². The van der Waals surface area contributed by atoms with Crippen LogP contribution in [-0.4, -0.2) is 29.8 Å². The van der Waals surface area contributed by atoms with Crippen LogP contribution in [0.3, 0.4) is 0 Å². The zero-order chi connectivity index (χ0) is 19.4. The number of aromatic nitrogens is 2. The van der Waals surface area contributed by atoms with Gasteiger partial charge in [0.1, 0.15) is 5.75 Å². The van der Waals surface area contributed by atoms with Crippen molar-refractivity contribution in [2.75, 3.05) is 13.7 Å². The molecule has 140 valence electrons. The minimum atomic E-state index is -1.69. The van der Waals surface area contributed by atoms with Gasteiger partial charge >= 0.3 is 0 Å². The summed E-state index contributed by atoms with van der Waals surface area (Å²) < 4.78 is 50.3. The fourth-order valence-corrected chi connectivity index (χ4v) is 2.31. The number of hydrogen-bond acceptors (Lipinski definition) is 5. The molecule has 1 heterocycles. The van der Waals surface area contributed by atoms with Gasteiger partial charge in [-0.05, 0) is 30.3 Å². The number of hydrogen-bond donors (Lipinski definition) is 1. The van der Waals surface area contributed by atoms with E-state index in [4.69, 9.17) is 9.15 Å². The highest BCUT2D eigenvalue weighted by Crippen LogP contribution is 2.22. The first-order valence-electron chi connectivity index (χ1n) is 7.88. The Balaban J connectivity index is 1.61. The van der Waals surface area contributed by atoms with Gasteiger partial charge in [-0.3, -0.25) is 4.79 Å². The molecule has 0 aliphatic heterocycles. The van der Waals surface area contributed by atoms with Gasteiger partial charge < -0.3 is 14.5 Å². The first-order chi connectivity index (χ1) is 13.0. The number of carbonyl (C=O) groups is 1. The third kappa shape index (κ3) is 4.08. The number of ether oxygens (including phenoxy) is 1. The first kappa shape index (κ1) is 18.4. The van der Waals surface area contributed by atoms with Crippen LogP contribution in [0.25, 0.3) is 11.5 Å². The molecule has 9 heteroatoms. The zero-order valence-corrected chi connectivity index (χ0v) is 14.1. The van der Waals surface area contributed by atoms with Crippen molar-refractivity contribution < 1.29 is 27.1 Å². The fraction of sp³-hybridized carbons (Fsp3) is 0.167. The van der Waals surface area contributed by atoms with Gasteiger partial charge in [0, 0.05) is 18.5 Å². The van der Waals surface area contributed by atoms with Gasteiger partial charge in [-0.25, -0.2) is 13.2 Å². The molecular formula is C18H14F3N3O3. The molecule has 0 spiro atoms. The van der Waals surface area contributed by atoms with Gasteiger partial charge in [-0.15, -0.1) is 10.2 Å². The lowest BCUT2D eigenvalue weighted by molar-refractivity contribution is 0.0948. The van der Waals surface area contributed by atoms with E-state index in [1.54, 1.807) is 24.3 Å². The lowest BCUT2D eigenvalue weighted by atomic mass is 10.2. The van der Waals surface area contributed by atoms with Gasteiger partial charge in [0.2, 0.25) is 11.8 Å². The normalized spacial score (nSPS) is 10.7. The second kappa shape index (κ2) is 7.90. The standard InChI is InChI=1S/C18H14F3N3O3/c1-26-11-4-2-3-10(9-11)18-24-23-14(27-18)7-8-22-17(25)12-5-6-13(19)16(21)15(12)20/h2-6,9H,7-8H2,1H3,(H,22,25). The van der Waals surface area contributed by atoms with Crippen LogP contribution >= 0.6 is 0 Å². The summed E-state index contributed by atoms with van der Waals surface area (Å²) in [6, 6.07) is 8.60. The SMILES string of the molecule is COc1cccc(-c2nnc(CCNC(=O)c3ccc(F)c(F)c3F)o2)c1. The maximum absolute atomic E-state index is 13.6. The molecule has 3 rings (SSSR count). The molecule has 0 aliphatic rings. The maximum atomic E-state index is 13.6.